The largest absolute Gasteiger partial charge is 0.448 e. The standard InChI is InChI=1S/C13H22N2O2/c1-13(5-3-4-6-13)12-11(15-10-17-12)9-14-7-8-16-2/h10,14H,3-9H2,1-2H3. The molecule has 0 aliphatic heterocycles. The number of ether oxygens (including phenoxy) is 1. The van der Waals surface area contributed by atoms with Gasteiger partial charge in [0.2, 0.25) is 0 Å². The summed E-state index contributed by atoms with van der Waals surface area (Å²) in [5.74, 6) is 1.08. The summed E-state index contributed by atoms with van der Waals surface area (Å²) in [6.07, 6.45) is 6.61. The van der Waals surface area contributed by atoms with E-state index in [0.29, 0.717) is 0 Å². The van der Waals surface area contributed by atoms with E-state index < -0.39 is 0 Å². The molecule has 0 bridgehead atoms. The maximum atomic E-state index is 5.63. The van der Waals surface area contributed by atoms with E-state index in [4.69, 9.17) is 9.15 Å². The van der Waals surface area contributed by atoms with E-state index >= 15 is 0 Å². The maximum absolute atomic E-state index is 5.63. The van der Waals surface area contributed by atoms with Crippen LogP contribution < -0.4 is 5.32 Å². The van der Waals surface area contributed by atoms with Gasteiger partial charge in [0, 0.05) is 25.6 Å². The SMILES string of the molecule is COCCNCc1ncoc1C1(C)CCCC1. The molecule has 1 aromatic heterocycles. The Balaban J connectivity index is 1.96. The van der Waals surface area contributed by atoms with Crippen LogP contribution in [-0.2, 0) is 16.7 Å². The summed E-state index contributed by atoms with van der Waals surface area (Å²) >= 11 is 0. The van der Waals surface area contributed by atoms with Gasteiger partial charge in [-0.2, -0.15) is 0 Å². The lowest BCUT2D eigenvalue weighted by Crippen LogP contribution is -2.23. The van der Waals surface area contributed by atoms with Crippen molar-refractivity contribution in [3.05, 3.63) is 17.8 Å². The van der Waals surface area contributed by atoms with E-state index in [-0.39, 0.29) is 5.41 Å². The minimum absolute atomic E-state index is 0.203. The lowest BCUT2D eigenvalue weighted by Gasteiger charge is -2.21. The number of oxazole rings is 1. The van der Waals surface area contributed by atoms with Crippen LogP contribution in [-0.4, -0.2) is 25.2 Å². The average Bonchev–Trinajstić information content (AvgIpc) is 2.94. The molecule has 96 valence electrons. The molecular formula is C13H22N2O2. The third-order valence-corrected chi connectivity index (χ3v) is 3.67. The van der Waals surface area contributed by atoms with Crippen molar-refractivity contribution in [3.8, 4) is 0 Å². The summed E-state index contributed by atoms with van der Waals surface area (Å²) in [6, 6.07) is 0. The van der Waals surface area contributed by atoms with Crippen molar-refractivity contribution in [2.45, 2.75) is 44.6 Å². The second-order valence-electron chi connectivity index (χ2n) is 5.07. The number of methoxy groups -OCH3 is 1. The lowest BCUT2D eigenvalue weighted by molar-refractivity contribution is 0.199. The Bertz CT molecular complexity index is 343. The van der Waals surface area contributed by atoms with Crippen molar-refractivity contribution in [3.63, 3.8) is 0 Å². The molecule has 0 amide bonds. The number of rotatable bonds is 6. The van der Waals surface area contributed by atoms with Crippen LogP contribution in [0.3, 0.4) is 0 Å². The van der Waals surface area contributed by atoms with Gasteiger partial charge in [-0.3, -0.25) is 0 Å². The highest BCUT2D eigenvalue weighted by Crippen LogP contribution is 2.41. The van der Waals surface area contributed by atoms with E-state index in [1.54, 1.807) is 13.5 Å². The van der Waals surface area contributed by atoms with Crippen molar-refractivity contribution in [2.75, 3.05) is 20.3 Å². The van der Waals surface area contributed by atoms with Gasteiger partial charge in [-0.25, -0.2) is 4.98 Å². The van der Waals surface area contributed by atoms with Crippen molar-refractivity contribution in [1.82, 2.24) is 10.3 Å². The lowest BCUT2D eigenvalue weighted by atomic mass is 9.85. The molecule has 0 unspecified atom stereocenters. The van der Waals surface area contributed by atoms with E-state index in [9.17, 15) is 0 Å². The van der Waals surface area contributed by atoms with E-state index in [0.717, 1.165) is 31.2 Å². The van der Waals surface area contributed by atoms with Gasteiger partial charge in [0.1, 0.15) is 5.76 Å². The summed E-state index contributed by atoms with van der Waals surface area (Å²) < 4.78 is 10.6. The first-order valence-electron chi connectivity index (χ1n) is 6.39. The quantitative estimate of drug-likeness (QED) is 0.772. The molecule has 4 nitrogen and oxygen atoms in total. The van der Waals surface area contributed by atoms with E-state index in [1.807, 2.05) is 0 Å². The summed E-state index contributed by atoms with van der Waals surface area (Å²) in [6.45, 7) is 4.63. The van der Waals surface area contributed by atoms with Crippen LogP contribution in [0.2, 0.25) is 0 Å². The van der Waals surface area contributed by atoms with E-state index in [1.165, 1.54) is 25.7 Å². The van der Waals surface area contributed by atoms with Crippen LogP contribution in [0.5, 0.6) is 0 Å². The molecule has 0 radical (unpaired) electrons. The molecule has 17 heavy (non-hydrogen) atoms. The predicted molar refractivity (Wildman–Crippen MR) is 65.9 cm³/mol. The Morgan fingerprint density at radius 1 is 1.47 bits per heavy atom. The zero-order valence-corrected chi connectivity index (χ0v) is 10.8. The number of hydrogen-bond acceptors (Lipinski definition) is 4. The Morgan fingerprint density at radius 3 is 2.94 bits per heavy atom. The molecule has 0 spiro atoms. The van der Waals surface area contributed by atoms with Crippen molar-refractivity contribution in [1.29, 1.82) is 0 Å². The van der Waals surface area contributed by atoms with Crippen LogP contribution in [0, 0.1) is 0 Å². The van der Waals surface area contributed by atoms with Crippen LogP contribution >= 0.6 is 0 Å². The van der Waals surface area contributed by atoms with E-state index in [2.05, 4.69) is 17.2 Å². The number of nitrogens with one attached hydrogen (secondary N) is 1. The number of nitrogens with zero attached hydrogens (tertiary/aromatic N) is 1. The van der Waals surface area contributed by atoms with Gasteiger partial charge >= 0.3 is 0 Å². The zero-order valence-electron chi connectivity index (χ0n) is 10.8. The predicted octanol–water partition coefficient (Wildman–Crippen LogP) is 2.24. The van der Waals surface area contributed by atoms with Gasteiger partial charge in [0.25, 0.3) is 0 Å². The molecule has 1 N–H and O–H groups in total. The first-order chi connectivity index (χ1) is 8.26. The highest BCUT2D eigenvalue weighted by molar-refractivity contribution is 5.19. The van der Waals surface area contributed by atoms with Crippen LogP contribution in [0.1, 0.15) is 44.1 Å². The molecular weight excluding hydrogens is 216 g/mol. The minimum Gasteiger partial charge on any atom is -0.448 e. The molecule has 1 heterocycles. The number of hydrogen-bond donors (Lipinski definition) is 1. The first kappa shape index (κ1) is 12.6. The van der Waals surface area contributed by atoms with Crippen molar-refractivity contribution < 1.29 is 9.15 Å². The molecule has 4 heteroatoms. The molecule has 1 saturated carbocycles. The van der Waals surface area contributed by atoms with Gasteiger partial charge in [0.05, 0.1) is 12.3 Å². The molecule has 1 aliphatic rings. The molecule has 0 atom stereocenters. The van der Waals surface area contributed by atoms with Crippen molar-refractivity contribution in [2.24, 2.45) is 0 Å². The smallest absolute Gasteiger partial charge is 0.181 e. The topological polar surface area (TPSA) is 47.3 Å². The molecule has 1 aliphatic carbocycles. The zero-order chi connectivity index (χ0) is 12.1. The van der Waals surface area contributed by atoms with Gasteiger partial charge in [-0.1, -0.05) is 19.8 Å². The molecule has 1 aromatic rings. The minimum atomic E-state index is 0.203. The normalized spacial score (nSPS) is 18.7. The Hall–Kier alpha value is -0.870. The summed E-state index contributed by atoms with van der Waals surface area (Å²) in [5, 5.41) is 3.32. The molecule has 2 rings (SSSR count). The summed E-state index contributed by atoms with van der Waals surface area (Å²) in [4.78, 5) is 4.33. The van der Waals surface area contributed by atoms with Crippen LogP contribution in [0.15, 0.2) is 10.8 Å². The third kappa shape index (κ3) is 2.87. The van der Waals surface area contributed by atoms with Gasteiger partial charge < -0.3 is 14.5 Å². The van der Waals surface area contributed by atoms with Crippen molar-refractivity contribution >= 4 is 0 Å². The monoisotopic (exact) mass is 238 g/mol. The number of aromatic nitrogens is 1. The Labute approximate surface area is 103 Å². The Morgan fingerprint density at radius 2 is 2.24 bits per heavy atom. The molecule has 0 saturated heterocycles. The van der Waals surface area contributed by atoms with Crippen LogP contribution in [0.4, 0.5) is 0 Å². The fourth-order valence-corrected chi connectivity index (χ4v) is 2.65. The third-order valence-electron chi connectivity index (χ3n) is 3.67. The van der Waals surface area contributed by atoms with Gasteiger partial charge in [-0.15, -0.1) is 0 Å². The van der Waals surface area contributed by atoms with Gasteiger partial charge in [0.15, 0.2) is 6.39 Å². The highest BCUT2D eigenvalue weighted by Gasteiger charge is 2.35. The molecule has 1 fully saturated rings. The fraction of sp³-hybridized carbons (Fsp3) is 0.769. The fourth-order valence-electron chi connectivity index (χ4n) is 2.65. The Kier molecular flexibility index (Phi) is 4.18. The summed E-state index contributed by atoms with van der Waals surface area (Å²) in [7, 11) is 1.71. The molecule has 0 aromatic carbocycles. The maximum Gasteiger partial charge on any atom is 0.181 e. The second-order valence-corrected chi connectivity index (χ2v) is 5.07. The first-order valence-corrected chi connectivity index (χ1v) is 6.39. The summed E-state index contributed by atoms with van der Waals surface area (Å²) in [5.41, 5.74) is 1.26. The second kappa shape index (κ2) is 5.65. The average molecular weight is 238 g/mol. The van der Waals surface area contributed by atoms with Crippen LogP contribution in [0.25, 0.3) is 0 Å². The highest BCUT2D eigenvalue weighted by atomic mass is 16.5. The van der Waals surface area contributed by atoms with Gasteiger partial charge in [-0.05, 0) is 12.8 Å².